The van der Waals surface area contributed by atoms with Crippen molar-refractivity contribution in [2.75, 3.05) is 19.7 Å². The molecular weight excluding hydrogens is 238 g/mol. The molecule has 0 radical (unpaired) electrons. The summed E-state index contributed by atoms with van der Waals surface area (Å²) in [6.07, 6.45) is 4.37. The Labute approximate surface area is 115 Å². The van der Waals surface area contributed by atoms with Crippen molar-refractivity contribution in [2.24, 2.45) is 0 Å². The molecule has 1 N–H and O–H groups in total. The predicted octanol–water partition coefficient (Wildman–Crippen LogP) is 2.59. The van der Waals surface area contributed by atoms with E-state index < -0.39 is 0 Å². The van der Waals surface area contributed by atoms with Gasteiger partial charge in [0, 0.05) is 5.56 Å². The number of ketones is 1. The molecule has 1 saturated heterocycles. The molecule has 0 aliphatic carbocycles. The number of carbonyl (C=O) groups excluding carboxylic acids is 1. The van der Waals surface area contributed by atoms with Crippen LogP contribution in [0.15, 0.2) is 24.3 Å². The van der Waals surface area contributed by atoms with E-state index >= 15 is 0 Å². The molecular formula is C16H23NO2. The fourth-order valence-corrected chi connectivity index (χ4v) is 2.43. The number of rotatable bonds is 6. The van der Waals surface area contributed by atoms with E-state index in [1.807, 2.05) is 18.2 Å². The number of piperidine rings is 1. The maximum absolute atomic E-state index is 12.1. The zero-order valence-electron chi connectivity index (χ0n) is 11.7. The van der Waals surface area contributed by atoms with E-state index in [0.717, 1.165) is 44.3 Å². The zero-order valence-corrected chi connectivity index (χ0v) is 11.7. The molecule has 1 aliphatic heterocycles. The fraction of sp³-hybridized carbons (Fsp3) is 0.562. The van der Waals surface area contributed by atoms with Crippen molar-refractivity contribution < 1.29 is 9.53 Å². The van der Waals surface area contributed by atoms with Crippen molar-refractivity contribution in [1.82, 2.24) is 5.32 Å². The van der Waals surface area contributed by atoms with Gasteiger partial charge < -0.3 is 10.1 Å². The summed E-state index contributed by atoms with van der Waals surface area (Å²) in [6, 6.07) is 7.92. The highest BCUT2D eigenvalue weighted by atomic mass is 16.5. The molecule has 0 unspecified atom stereocenters. The van der Waals surface area contributed by atoms with E-state index in [-0.39, 0.29) is 18.5 Å². The Kier molecular flexibility index (Phi) is 5.55. The number of carbonyl (C=O) groups is 1. The molecule has 0 amide bonds. The van der Waals surface area contributed by atoms with Gasteiger partial charge >= 0.3 is 0 Å². The number of Topliss-reactive ketones (excluding diaryl/α,β-unsaturated/α-hetero) is 1. The van der Waals surface area contributed by atoms with E-state index in [1.54, 1.807) is 0 Å². The molecule has 1 fully saturated rings. The maximum atomic E-state index is 12.1. The molecule has 0 spiro atoms. The van der Waals surface area contributed by atoms with Crippen LogP contribution in [0, 0.1) is 0 Å². The minimum atomic E-state index is 0.0940. The Bertz CT molecular complexity index is 411. The van der Waals surface area contributed by atoms with Gasteiger partial charge in [-0.3, -0.25) is 4.79 Å². The summed E-state index contributed by atoms with van der Waals surface area (Å²) >= 11 is 0. The first-order valence-electron chi connectivity index (χ1n) is 7.24. The van der Waals surface area contributed by atoms with Crippen molar-refractivity contribution in [1.29, 1.82) is 0 Å². The smallest absolute Gasteiger partial charge is 0.188 e. The van der Waals surface area contributed by atoms with Crippen molar-refractivity contribution in [3.05, 3.63) is 35.4 Å². The molecule has 1 aromatic rings. The average molecular weight is 261 g/mol. The Balaban J connectivity index is 1.86. The molecule has 1 aliphatic rings. The van der Waals surface area contributed by atoms with Crippen LogP contribution in [0.25, 0.3) is 0 Å². The molecule has 0 aromatic heterocycles. The highest BCUT2D eigenvalue weighted by Crippen LogP contribution is 2.11. The third-order valence-electron chi connectivity index (χ3n) is 3.52. The van der Waals surface area contributed by atoms with E-state index in [0.29, 0.717) is 0 Å². The monoisotopic (exact) mass is 261 g/mol. The van der Waals surface area contributed by atoms with E-state index in [1.165, 1.54) is 5.56 Å². The summed E-state index contributed by atoms with van der Waals surface area (Å²) in [6.45, 7) is 4.34. The molecule has 1 heterocycles. The molecule has 104 valence electrons. The standard InChI is InChI=1S/C16H23NO2/c1-2-4-13-5-3-6-14(11-13)16(18)12-19-15-7-9-17-10-8-15/h3,5-6,11,15,17H,2,4,7-10,12H2,1H3. The highest BCUT2D eigenvalue weighted by Gasteiger charge is 2.15. The second-order valence-electron chi connectivity index (χ2n) is 5.13. The Morgan fingerprint density at radius 1 is 1.37 bits per heavy atom. The van der Waals surface area contributed by atoms with Crippen LogP contribution in [0.1, 0.15) is 42.1 Å². The number of nitrogens with one attached hydrogen (secondary N) is 1. The minimum Gasteiger partial charge on any atom is -0.370 e. The summed E-state index contributed by atoms with van der Waals surface area (Å²) < 4.78 is 5.71. The third-order valence-corrected chi connectivity index (χ3v) is 3.52. The van der Waals surface area contributed by atoms with Crippen molar-refractivity contribution in [3.63, 3.8) is 0 Å². The summed E-state index contributed by atoms with van der Waals surface area (Å²) in [5.74, 6) is 0.0940. The topological polar surface area (TPSA) is 38.3 Å². The fourth-order valence-electron chi connectivity index (χ4n) is 2.43. The van der Waals surface area contributed by atoms with Crippen LogP contribution in [0.4, 0.5) is 0 Å². The number of hydrogen-bond acceptors (Lipinski definition) is 3. The average Bonchev–Trinajstić information content (AvgIpc) is 2.46. The van der Waals surface area contributed by atoms with Crippen LogP contribution in [0.2, 0.25) is 0 Å². The second kappa shape index (κ2) is 7.41. The zero-order chi connectivity index (χ0) is 13.5. The molecule has 3 nitrogen and oxygen atoms in total. The number of benzene rings is 1. The second-order valence-corrected chi connectivity index (χ2v) is 5.13. The largest absolute Gasteiger partial charge is 0.370 e. The summed E-state index contributed by atoms with van der Waals surface area (Å²) in [5.41, 5.74) is 2.01. The lowest BCUT2D eigenvalue weighted by molar-refractivity contribution is 0.0317. The first-order chi connectivity index (χ1) is 9.29. The van der Waals surface area contributed by atoms with Gasteiger partial charge in [0.1, 0.15) is 6.61 Å². The van der Waals surface area contributed by atoms with Gasteiger partial charge in [0.05, 0.1) is 6.10 Å². The van der Waals surface area contributed by atoms with Gasteiger partial charge in [-0.1, -0.05) is 31.5 Å². The summed E-state index contributed by atoms with van der Waals surface area (Å²) in [4.78, 5) is 12.1. The van der Waals surface area contributed by atoms with E-state index in [9.17, 15) is 4.79 Å². The van der Waals surface area contributed by atoms with E-state index in [4.69, 9.17) is 4.74 Å². The Hall–Kier alpha value is -1.19. The quantitative estimate of drug-likeness (QED) is 0.800. The van der Waals surface area contributed by atoms with Crippen LogP contribution >= 0.6 is 0 Å². The van der Waals surface area contributed by atoms with Crippen molar-refractivity contribution >= 4 is 5.78 Å². The van der Waals surface area contributed by atoms with Crippen LogP contribution in [-0.2, 0) is 11.2 Å². The van der Waals surface area contributed by atoms with Crippen molar-refractivity contribution in [3.8, 4) is 0 Å². The number of hydrogen-bond donors (Lipinski definition) is 1. The number of ether oxygens (including phenoxy) is 1. The molecule has 19 heavy (non-hydrogen) atoms. The predicted molar refractivity (Wildman–Crippen MR) is 76.6 cm³/mol. The molecule has 0 saturated carbocycles. The molecule has 1 aromatic carbocycles. The normalized spacial score (nSPS) is 16.5. The lowest BCUT2D eigenvalue weighted by Gasteiger charge is -2.22. The Morgan fingerprint density at radius 2 is 2.16 bits per heavy atom. The van der Waals surface area contributed by atoms with Crippen LogP contribution in [0.5, 0.6) is 0 Å². The van der Waals surface area contributed by atoms with Gasteiger partial charge in [-0.05, 0) is 44.0 Å². The van der Waals surface area contributed by atoms with Gasteiger partial charge in [-0.25, -0.2) is 0 Å². The molecule has 0 atom stereocenters. The van der Waals surface area contributed by atoms with Crippen LogP contribution in [-0.4, -0.2) is 31.6 Å². The van der Waals surface area contributed by atoms with Gasteiger partial charge in [-0.2, -0.15) is 0 Å². The first kappa shape index (κ1) is 14.2. The summed E-state index contributed by atoms with van der Waals surface area (Å²) in [5, 5.41) is 3.29. The highest BCUT2D eigenvalue weighted by molar-refractivity contribution is 5.97. The lowest BCUT2D eigenvalue weighted by atomic mass is 10.0. The molecule has 3 heteroatoms. The number of aryl methyl sites for hydroxylation is 1. The van der Waals surface area contributed by atoms with Crippen LogP contribution in [0.3, 0.4) is 0 Å². The van der Waals surface area contributed by atoms with Crippen molar-refractivity contribution in [2.45, 2.75) is 38.7 Å². The van der Waals surface area contributed by atoms with Gasteiger partial charge in [0.15, 0.2) is 5.78 Å². The summed E-state index contributed by atoms with van der Waals surface area (Å²) in [7, 11) is 0. The lowest BCUT2D eigenvalue weighted by Crippen LogP contribution is -2.33. The molecule has 0 bridgehead atoms. The maximum Gasteiger partial charge on any atom is 0.188 e. The Morgan fingerprint density at radius 3 is 2.89 bits per heavy atom. The first-order valence-corrected chi connectivity index (χ1v) is 7.24. The van der Waals surface area contributed by atoms with E-state index in [2.05, 4.69) is 18.3 Å². The van der Waals surface area contributed by atoms with Gasteiger partial charge in [0.25, 0.3) is 0 Å². The molecule has 2 rings (SSSR count). The van der Waals surface area contributed by atoms with Crippen LogP contribution < -0.4 is 5.32 Å². The minimum absolute atomic E-state index is 0.0940. The van der Waals surface area contributed by atoms with Gasteiger partial charge in [-0.15, -0.1) is 0 Å². The van der Waals surface area contributed by atoms with Gasteiger partial charge in [0.2, 0.25) is 0 Å². The third kappa shape index (κ3) is 4.44. The SMILES string of the molecule is CCCc1cccc(C(=O)COC2CCNCC2)c1.